The molecule has 1 aliphatic rings. The fourth-order valence-electron chi connectivity index (χ4n) is 1.81. The number of hydrogen-bond donors (Lipinski definition) is 0. The first-order valence-electron chi connectivity index (χ1n) is 4.51. The molecule has 0 aliphatic carbocycles. The molecule has 0 radical (unpaired) electrons. The van der Waals surface area contributed by atoms with Crippen LogP contribution in [-0.4, -0.2) is 22.2 Å². The van der Waals surface area contributed by atoms with E-state index in [4.69, 9.17) is 11.6 Å². The van der Waals surface area contributed by atoms with Gasteiger partial charge in [-0.3, -0.25) is 0 Å². The van der Waals surface area contributed by atoms with E-state index in [0.29, 0.717) is 26.4 Å². The number of fused-ring (bicyclic) bond motifs is 1. The van der Waals surface area contributed by atoms with E-state index in [1.165, 1.54) is 0 Å². The molecule has 1 aromatic rings. The van der Waals surface area contributed by atoms with Crippen molar-refractivity contribution >= 4 is 39.0 Å². The number of hydrogen-bond acceptors (Lipinski definition) is 3. The average molecular weight is 241 g/mol. The predicted octanol–water partition coefficient (Wildman–Crippen LogP) is 0.258. The molecule has 0 amide bonds. The van der Waals surface area contributed by atoms with Crippen LogP contribution < -0.4 is 5.19 Å². The van der Waals surface area contributed by atoms with Gasteiger partial charge in [-0.1, -0.05) is 11.6 Å². The quantitative estimate of drug-likeness (QED) is 0.371. The predicted molar refractivity (Wildman–Crippen MR) is 60.2 cm³/mol. The molecule has 5 heteroatoms. The number of halogens is 1. The monoisotopic (exact) mass is 240 g/mol. The normalized spacial score (nSPS) is 14.3. The van der Waals surface area contributed by atoms with Crippen LogP contribution in [0, 0.1) is 13.8 Å². The Balaban J connectivity index is 2.92. The number of rotatable bonds is 0. The van der Waals surface area contributed by atoms with E-state index in [1.54, 1.807) is 6.92 Å². The summed E-state index contributed by atoms with van der Waals surface area (Å²) in [4.78, 5) is 22.9. The molecular formula is C10H9ClO3Si. The first-order chi connectivity index (χ1) is 6.95. The molecule has 78 valence electrons. The highest BCUT2D eigenvalue weighted by atomic mass is 35.5. The molecule has 3 nitrogen and oxygen atoms in total. The summed E-state index contributed by atoms with van der Waals surface area (Å²) in [5, 5.41) is 1.34. The van der Waals surface area contributed by atoms with Crippen molar-refractivity contribution in [1.82, 2.24) is 0 Å². The molecule has 2 rings (SSSR count). The van der Waals surface area contributed by atoms with Crippen LogP contribution in [0.4, 0.5) is 0 Å². The zero-order valence-corrected chi connectivity index (χ0v) is 11.4. The SMILES string of the molecule is Cc1c(C)c2c(c([SiH3])c1Cl)C(=O)OC2=O. The van der Waals surface area contributed by atoms with Gasteiger partial charge in [-0.25, -0.2) is 9.59 Å². The summed E-state index contributed by atoms with van der Waals surface area (Å²) in [5.74, 6) is -1.12. The van der Waals surface area contributed by atoms with Gasteiger partial charge in [0.15, 0.2) is 0 Å². The van der Waals surface area contributed by atoms with Gasteiger partial charge in [-0.15, -0.1) is 0 Å². The Morgan fingerprint density at radius 2 is 1.60 bits per heavy atom. The van der Waals surface area contributed by atoms with Crippen molar-refractivity contribution in [2.45, 2.75) is 13.8 Å². The van der Waals surface area contributed by atoms with Crippen molar-refractivity contribution in [3.63, 3.8) is 0 Å². The fraction of sp³-hybridized carbons (Fsp3) is 0.200. The summed E-state index contributed by atoms with van der Waals surface area (Å²) in [6.45, 7) is 3.62. The molecule has 1 aliphatic heterocycles. The zero-order valence-electron chi connectivity index (χ0n) is 8.60. The molecule has 1 heterocycles. The Morgan fingerprint density at radius 1 is 1.07 bits per heavy atom. The van der Waals surface area contributed by atoms with Crippen LogP contribution in [0.3, 0.4) is 0 Å². The highest BCUT2D eigenvalue weighted by molar-refractivity contribution is 6.49. The van der Waals surface area contributed by atoms with Crippen molar-refractivity contribution in [3.05, 3.63) is 27.3 Å². The van der Waals surface area contributed by atoms with Crippen molar-refractivity contribution in [1.29, 1.82) is 0 Å². The molecule has 15 heavy (non-hydrogen) atoms. The van der Waals surface area contributed by atoms with Gasteiger partial charge in [-0.2, -0.15) is 0 Å². The van der Waals surface area contributed by atoms with E-state index >= 15 is 0 Å². The topological polar surface area (TPSA) is 43.4 Å². The van der Waals surface area contributed by atoms with Crippen LogP contribution in [0.2, 0.25) is 5.02 Å². The molecular weight excluding hydrogens is 232 g/mol. The van der Waals surface area contributed by atoms with Gasteiger partial charge < -0.3 is 4.74 Å². The van der Waals surface area contributed by atoms with Gasteiger partial charge in [0, 0.05) is 15.3 Å². The maximum Gasteiger partial charge on any atom is 0.347 e. The molecule has 0 fully saturated rings. The van der Waals surface area contributed by atoms with Crippen LogP contribution in [0.25, 0.3) is 0 Å². The minimum absolute atomic E-state index is 0.375. The van der Waals surface area contributed by atoms with Crippen LogP contribution in [-0.2, 0) is 4.74 Å². The van der Waals surface area contributed by atoms with Gasteiger partial charge in [0.2, 0.25) is 0 Å². The van der Waals surface area contributed by atoms with E-state index in [-0.39, 0.29) is 0 Å². The summed E-state index contributed by atoms with van der Waals surface area (Å²) in [5.41, 5.74) is 2.36. The average Bonchev–Trinajstić information content (AvgIpc) is 2.47. The molecule has 0 saturated carbocycles. The van der Waals surface area contributed by atoms with Gasteiger partial charge in [0.25, 0.3) is 0 Å². The maximum absolute atomic E-state index is 11.4. The van der Waals surface area contributed by atoms with Crippen molar-refractivity contribution in [3.8, 4) is 0 Å². The number of esters is 2. The smallest absolute Gasteiger partial charge is 0.347 e. The first kappa shape index (κ1) is 10.4. The van der Waals surface area contributed by atoms with Crippen molar-refractivity contribution in [2.24, 2.45) is 0 Å². The molecule has 1 aromatic carbocycles. The summed E-state index contributed by atoms with van der Waals surface area (Å²) < 4.78 is 4.59. The van der Waals surface area contributed by atoms with E-state index in [0.717, 1.165) is 16.3 Å². The number of benzene rings is 1. The number of cyclic esters (lactones) is 2. The Morgan fingerprint density at radius 3 is 2.20 bits per heavy atom. The Hall–Kier alpha value is -1.13. The molecule has 0 bridgehead atoms. The van der Waals surface area contributed by atoms with E-state index in [1.807, 2.05) is 6.92 Å². The fourth-order valence-corrected chi connectivity index (χ4v) is 2.88. The Bertz CT molecular complexity index is 463. The standard InChI is InChI=1S/C10H9ClO3Si/c1-3-4(2)7(11)8(15)6-5(3)9(12)14-10(6)13/h1-2,15H3. The molecule has 0 atom stereocenters. The third-order valence-electron chi connectivity index (χ3n) is 2.81. The summed E-state index contributed by atoms with van der Waals surface area (Å²) in [6, 6.07) is 0. The van der Waals surface area contributed by atoms with E-state index in [9.17, 15) is 9.59 Å². The highest BCUT2D eigenvalue weighted by Crippen LogP contribution is 2.28. The largest absolute Gasteiger partial charge is 0.386 e. The number of carbonyl (C=O) groups is 2. The zero-order chi connectivity index (χ0) is 11.3. The molecule has 0 N–H and O–H groups in total. The third kappa shape index (κ3) is 1.25. The lowest BCUT2D eigenvalue weighted by molar-refractivity contribution is 0.0444. The van der Waals surface area contributed by atoms with Gasteiger partial charge in [0.1, 0.15) is 0 Å². The van der Waals surface area contributed by atoms with Crippen molar-refractivity contribution in [2.75, 3.05) is 0 Å². The number of ether oxygens (including phenoxy) is 1. The number of carbonyl (C=O) groups excluding carboxylic acids is 2. The summed E-state index contributed by atoms with van der Waals surface area (Å²) in [7, 11) is 0.617. The molecule has 0 spiro atoms. The summed E-state index contributed by atoms with van der Waals surface area (Å²) >= 11 is 6.10. The summed E-state index contributed by atoms with van der Waals surface area (Å²) in [6.07, 6.45) is 0. The van der Waals surface area contributed by atoms with Gasteiger partial charge in [0.05, 0.1) is 11.1 Å². The highest BCUT2D eigenvalue weighted by Gasteiger charge is 2.34. The third-order valence-corrected chi connectivity index (χ3v) is 4.70. The maximum atomic E-state index is 11.4. The first-order valence-corrected chi connectivity index (χ1v) is 5.88. The second kappa shape index (κ2) is 3.18. The van der Waals surface area contributed by atoms with E-state index in [2.05, 4.69) is 4.74 Å². The minimum Gasteiger partial charge on any atom is -0.386 e. The molecule has 0 saturated heterocycles. The Labute approximate surface area is 94.8 Å². The second-order valence-corrected chi connectivity index (χ2v) is 4.99. The lowest BCUT2D eigenvalue weighted by atomic mass is 9.99. The molecule has 0 aromatic heterocycles. The van der Waals surface area contributed by atoms with Gasteiger partial charge in [-0.05, 0) is 30.2 Å². The Kier molecular flexibility index (Phi) is 2.20. The van der Waals surface area contributed by atoms with Crippen LogP contribution in [0.5, 0.6) is 0 Å². The minimum atomic E-state index is -0.565. The second-order valence-electron chi connectivity index (χ2n) is 3.62. The lowest BCUT2D eigenvalue weighted by Crippen LogP contribution is -2.18. The molecule has 0 unspecified atom stereocenters. The van der Waals surface area contributed by atoms with Crippen LogP contribution >= 0.6 is 11.6 Å². The van der Waals surface area contributed by atoms with Crippen LogP contribution in [0.1, 0.15) is 31.8 Å². The van der Waals surface area contributed by atoms with E-state index < -0.39 is 11.9 Å². The van der Waals surface area contributed by atoms with Crippen molar-refractivity contribution < 1.29 is 14.3 Å². The lowest BCUT2D eigenvalue weighted by Gasteiger charge is -2.09. The van der Waals surface area contributed by atoms with Gasteiger partial charge >= 0.3 is 11.9 Å². The van der Waals surface area contributed by atoms with Crippen LogP contribution in [0.15, 0.2) is 0 Å².